The van der Waals surface area contributed by atoms with Gasteiger partial charge in [-0.2, -0.15) is 14.7 Å². The van der Waals surface area contributed by atoms with Crippen molar-refractivity contribution in [2.75, 3.05) is 18.8 Å². The highest BCUT2D eigenvalue weighted by molar-refractivity contribution is 6.00. The largest absolute Gasteiger partial charge is 0.384 e. The number of nitrogens with zero attached hydrogens (tertiary/aromatic N) is 8. The van der Waals surface area contributed by atoms with Gasteiger partial charge in [0.05, 0.1) is 17.5 Å². The van der Waals surface area contributed by atoms with Crippen LogP contribution >= 0.6 is 0 Å². The second-order valence-corrected chi connectivity index (χ2v) is 8.63. The third kappa shape index (κ3) is 4.01. The molecule has 1 saturated heterocycles. The second-order valence-electron chi connectivity index (χ2n) is 8.63. The third-order valence-electron chi connectivity index (χ3n) is 6.33. The molecule has 1 unspecified atom stereocenters. The Kier molecular flexibility index (Phi) is 5.73. The number of aliphatic hydroxyl groups is 1. The summed E-state index contributed by atoms with van der Waals surface area (Å²) in [6.07, 6.45) is 6.54. The minimum absolute atomic E-state index is 0.0604. The lowest BCUT2D eigenvalue weighted by Crippen LogP contribution is -2.42. The van der Waals surface area contributed by atoms with E-state index in [0.717, 1.165) is 11.1 Å². The minimum atomic E-state index is -1.04. The van der Waals surface area contributed by atoms with Crippen LogP contribution < -0.4 is 5.73 Å². The molecule has 1 aliphatic heterocycles. The number of nitrogen functional groups attached to an aromatic ring is 1. The summed E-state index contributed by atoms with van der Waals surface area (Å²) in [5.41, 5.74) is 9.44. The zero-order chi connectivity index (χ0) is 24.7. The molecule has 0 radical (unpaired) electrons. The number of rotatable bonds is 5. The highest BCUT2D eigenvalue weighted by atomic mass is 16.3. The molecule has 4 aromatic rings. The standard InChI is InChI=1S/C23H25N9O3/c1-13(33)19-20(15-5-7-30(8-6-15)23(35)14(2)34)29-22-17(10-27-32(22)21(19)24)16-3-4-18(26-9-16)31-12-25-11-28-31/h3-4,9-12,14-15,34H,5-8,24H2,1-2H3. The summed E-state index contributed by atoms with van der Waals surface area (Å²) in [4.78, 5) is 39.7. The normalized spacial score (nSPS) is 15.5. The first-order valence-electron chi connectivity index (χ1n) is 11.3. The van der Waals surface area contributed by atoms with E-state index in [1.807, 2.05) is 12.1 Å². The summed E-state index contributed by atoms with van der Waals surface area (Å²) in [7, 11) is 0. The van der Waals surface area contributed by atoms with Gasteiger partial charge in [-0.1, -0.05) is 0 Å². The molecule has 3 N–H and O–H groups in total. The van der Waals surface area contributed by atoms with Crippen LogP contribution in [0, 0.1) is 0 Å². The second kappa shape index (κ2) is 8.87. The SMILES string of the molecule is CC(=O)c1c(C2CCN(C(=O)C(C)O)CC2)nc2c(-c3ccc(-n4cncn4)nc3)cnn2c1N. The topological polar surface area (TPSA) is 157 Å². The quantitative estimate of drug-likeness (QED) is 0.405. The van der Waals surface area contributed by atoms with E-state index in [1.165, 1.54) is 24.7 Å². The number of hydrogen-bond donors (Lipinski definition) is 2. The van der Waals surface area contributed by atoms with Crippen molar-refractivity contribution in [3.63, 3.8) is 0 Å². The van der Waals surface area contributed by atoms with Crippen molar-refractivity contribution < 1.29 is 14.7 Å². The molecule has 0 bridgehead atoms. The van der Waals surface area contributed by atoms with Gasteiger partial charge in [-0.25, -0.2) is 19.6 Å². The van der Waals surface area contributed by atoms with Crippen LogP contribution in [-0.4, -0.2) is 75.2 Å². The van der Waals surface area contributed by atoms with Crippen LogP contribution in [0.3, 0.4) is 0 Å². The van der Waals surface area contributed by atoms with Gasteiger partial charge in [-0.15, -0.1) is 0 Å². The molecular weight excluding hydrogens is 450 g/mol. The van der Waals surface area contributed by atoms with Gasteiger partial charge in [-0.05, 0) is 38.8 Å². The molecule has 0 aromatic carbocycles. The van der Waals surface area contributed by atoms with Crippen LogP contribution in [0.2, 0.25) is 0 Å². The summed E-state index contributed by atoms with van der Waals surface area (Å²) in [6.45, 7) is 3.87. The summed E-state index contributed by atoms with van der Waals surface area (Å²) in [6, 6.07) is 3.70. The van der Waals surface area contributed by atoms with Gasteiger partial charge in [0, 0.05) is 36.3 Å². The Morgan fingerprint density at radius 1 is 1.17 bits per heavy atom. The monoisotopic (exact) mass is 475 g/mol. The summed E-state index contributed by atoms with van der Waals surface area (Å²) in [5.74, 6) is 0.310. The Bertz CT molecular complexity index is 1390. The Balaban J connectivity index is 1.53. The Morgan fingerprint density at radius 3 is 2.54 bits per heavy atom. The average Bonchev–Trinajstić information content (AvgIpc) is 3.54. The number of aromatic nitrogens is 7. The van der Waals surface area contributed by atoms with Gasteiger partial charge in [0.15, 0.2) is 17.2 Å². The smallest absolute Gasteiger partial charge is 0.251 e. The predicted octanol–water partition coefficient (Wildman–Crippen LogP) is 1.24. The van der Waals surface area contributed by atoms with E-state index in [1.54, 1.807) is 28.3 Å². The number of amides is 1. The molecule has 0 aliphatic carbocycles. The molecule has 12 heteroatoms. The van der Waals surface area contributed by atoms with Crippen molar-refractivity contribution in [1.82, 2.24) is 39.2 Å². The lowest BCUT2D eigenvalue weighted by molar-refractivity contribution is -0.140. The number of fused-ring (bicyclic) bond motifs is 1. The zero-order valence-electron chi connectivity index (χ0n) is 19.4. The van der Waals surface area contributed by atoms with Gasteiger partial charge in [0.1, 0.15) is 24.6 Å². The van der Waals surface area contributed by atoms with E-state index in [9.17, 15) is 14.7 Å². The van der Waals surface area contributed by atoms with Crippen molar-refractivity contribution in [1.29, 1.82) is 0 Å². The first-order valence-corrected chi connectivity index (χ1v) is 11.3. The van der Waals surface area contributed by atoms with E-state index in [0.29, 0.717) is 48.7 Å². The number of piperidine rings is 1. The number of Topliss-reactive ketones (excluding diaryl/α,β-unsaturated/α-hetero) is 1. The average molecular weight is 476 g/mol. The summed E-state index contributed by atoms with van der Waals surface area (Å²) >= 11 is 0. The van der Waals surface area contributed by atoms with Crippen molar-refractivity contribution in [2.24, 2.45) is 0 Å². The number of carbonyl (C=O) groups excluding carboxylic acids is 2. The predicted molar refractivity (Wildman–Crippen MR) is 126 cm³/mol. The lowest BCUT2D eigenvalue weighted by atomic mass is 9.89. The number of aliphatic hydroxyl groups excluding tert-OH is 1. The van der Waals surface area contributed by atoms with Crippen molar-refractivity contribution in [2.45, 2.75) is 38.7 Å². The number of anilines is 1. The number of carbonyl (C=O) groups is 2. The van der Waals surface area contributed by atoms with Crippen LogP contribution in [0.15, 0.2) is 37.2 Å². The molecule has 0 saturated carbocycles. The highest BCUT2D eigenvalue weighted by Crippen LogP contribution is 2.34. The molecule has 35 heavy (non-hydrogen) atoms. The van der Waals surface area contributed by atoms with E-state index in [2.05, 4.69) is 20.2 Å². The molecule has 4 aromatic heterocycles. The van der Waals surface area contributed by atoms with Crippen LogP contribution in [0.4, 0.5) is 5.82 Å². The van der Waals surface area contributed by atoms with Crippen LogP contribution in [-0.2, 0) is 4.79 Å². The van der Waals surface area contributed by atoms with Crippen LogP contribution in [0.25, 0.3) is 22.6 Å². The molecule has 1 aliphatic rings. The molecule has 0 spiro atoms. The minimum Gasteiger partial charge on any atom is -0.384 e. The number of likely N-dealkylation sites (tertiary alicyclic amines) is 1. The number of hydrogen-bond acceptors (Lipinski definition) is 9. The Morgan fingerprint density at radius 2 is 1.94 bits per heavy atom. The maximum atomic E-state index is 12.6. The Hall–Kier alpha value is -4.19. The van der Waals surface area contributed by atoms with Gasteiger partial charge in [0.25, 0.3) is 5.91 Å². The first-order chi connectivity index (χ1) is 16.8. The van der Waals surface area contributed by atoms with Crippen molar-refractivity contribution >= 4 is 23.2 Å². The van der Waals surface area contributed by atoms with E-state index in [-0.39, 0.29) is 23.4 Å². The van der Waals surface area contributed by atoms with Crippen LogP contribution in [0.1, 0.15) is 48.7 Å². The van der Waals surface area contributed by atoms with Crippen molar-refractivity contribution in [3.8, 4) is 16.9 Å². The molecule has 1 atom stereocenters. The van der Waals surface area contributed by atoms with Crippen molar-refractivity contribution in [3.05, 3.63) is 48.4 Å². The molecule has 12 nitrogen and oxygen atoms in total. The van der Waals surface area contributed by atoms with Gasteiger partial charge in [-0.3, -0.25) is 9.59 Å². The number of ketones is 1. The summed E-state index contributed by atoms with van der Waals surface area (Å²) < 4.78 is 3.04. The highest BCUT2D eigenvalue weighted by Gasteiger charge is 2.31. The molecule has 1 amide bonds. The fourth-order valence-corrected chi connectivity index (χ4v) is 4.54. The van der Waals surface area contributed by atoms with Gasteiger partial charge in [0.2, 0.25) is 0 Å². The Labute approximate surface area is 200 Å². The lowest BCUT2D eigenvalue weighted by Gasteiger charge is -2.33. The first kappa shape index (κ1) is 22.6. The molecule has 5 rings (SSSR count). The third-order valence-corrected chi connectivity index (χ3v) is 6.33. The number of nitrogens with two attached hydrogens (primary N) is 1. The van der Waals surface area contributed by atoms with E-state index in [4.69, 9.17) is 10.7 Å². The zero-order valence-corrected chi connectivity index (χ0v) is 19.4. The van der Waals surface area contributed by atoms with Gasteiger partial charge < -0.3 is 15.7 Å². The van der Waals surface area contributed by atoms with Crippen LogP contribution in [0.5, 0.6) is 0 Å². The molecule has 5 heterocycles. The summed E-state index contributed by atoms with van der Waals surface area (Å²) in [5, 5.41) is 18.1. The maximum absolute atomic E-state index is 12.6. The van der Waals surface area contributed by atoms with E-state index >= 15 is 0 Å². The fourth-order valence-electron chi connectivity index (χ4n) is 4.54. The maximum Gasteiger partial charge on any atom is 0.251 e. The molecular formula is C23H25N9O3. The van der Waals surface area contributed by atoms with Gasteiger partial charge >= 0.3 is 0 Å². The molecule has 1 fully saturated rings. The molecule has 180 valence electrons. The fraction of sp³-hybridized carbons (Fsp3) is 0.348. The number of pyridine rings is 1. The van der Waals surface area contributed by atoms with E-state index < -0.39 is 6.10 Å².